The van der Waals surface area contributed by atoms with Crippen molar-refractivity contribution >= 4 is 0 Å². The molecule has 36 heavy (non-hydrogen) atoms. The highest BCUT2D eigenvalue weighted by Gasteiger charge is 2.62. The molecule has 0 bridgehead atoms. The largest absolute Gasteiger partial charge is 0.389 e. The molecular weight excluding hydrogens is 470 g/mol. The van der Waals surface area contributed by atoms with Crippen LogP contribution in [0, 0.1) is 0 Å². The Morgan fingerprint density at radius 2 is 1.58 bits per heavy atom. The Morgan fingerprint density at radius 3 is 2.31 bits per heavy atom. The van der Waals surface area contributed by atoms with E-state index in [1.165, 1.54) is 0 Å². The first-order valence-corrected chi connectivity index (χ1v) is 12.8. The van der Waals surface area contributed by atoms with Gasteiger partial charge < -0.3 is 38.3 Å². The van der Waals surface area contributed by atoms with Gasteiger partial charge in [-0.05, 0) is 39.7 Å². The molecular formula is C26H37NO9. The Bertz CT molecular complexity index is 929. The zero-order valence-electron chi connectivity index (χ0n) is 21.4. The summed E-state index contributed by atoms with van der Waals surface area (Å²) in [5, 5.41) is 12.6. The third kappa shape index (κ3) is 4.51. The van der Waals surface area contributed by atoms with E-state index in [2.05, 4.69) is 0 Å². The first-order chi connectivity index (χ1) is 17.1. The molecule has 5 aliphatic rings. The summed E-state index contributed by atoms with van der Waals surface area (Å²) < 4.78 is 43.4. The second-order valence-electron chi connectivity index (χ2n) is 11.2. The fourth-order valence-electron chi connectivity index (χ4n) is 6.25. The van der Waals surface area contributed by atoms with Crippen molar-refractivity contribution in [1.29, 1.82) is 0 Å². The van der Waals surface area contributed by atoms with Gasteiger partial charge in [0.25, 0.3) is 0 Å². The fraction of sp³-hybridized carbons (Fsp3) is 0.769. The Labute approximate surface area is 211 Å². The van der Waals surface area contributed by atoms with E-state index >= 15 is 0 Å². The lowest BCUT2D eigenvalue weighted by atomic mass is 9.88. The number of methoxy groups -OCH3 is 1. The fourth-order valence-corrected chi connectivity index (χ4v) is 6.25. The zero-order chi connectivity index (χ0) is 25.2. The maximum atomic E-state index is 10.7. The maximum absolute atomic E-state index is 10.7. The molecule has 10 nitrogen and oxygen atoms in total. The molecule has 5 saturated heterocycles. The van der Waals surface area contributed by atoms with Crippen molar-refractivity contribution in [2.75, 3.05) is 13.7 Å². The number of piperidine rings is 1. The SMILES string of the molecule is CO[C@H]1OC([C@H]2C[C@@H]3[C@H]4OC(C)(C)O[C@H]4[C@H](O)CN3O2)[C@@H](OCc2ccccc2)C2OC(C)(C)OC21. The zero-order valence-corrected chi connectivity index (χ0v) is 21.4. The second-order valence-corrected chi connectivity index (χ2v) is 11.2. The molecule has 5 heterocycles. The predicted octanol–water partition coefficient (Wildman–Crippen LogP) is 1.73. The number of ether oxygens (including phenoxy) is 7. The Hall–Kier alpha value is -1.18. The number of hydroxylamine groups is 2. The van der Waals surface area contributed by atoms with Gasteiger partial charge in [-0.15, -0.1) is 0 Å². The molecule has 1 aromatic rings. The van der Waals surface area contributed by atoms with Crippen LogP contribution in [-0.4, -0.2) is 96.6 Å². The van der Waals surface area contributed by atoms with Crippen molar-refractivity contribution in [1.82, 2.24) is 5.06 Å². The van der Waals surface area contributed by atoms with Gasteiger partial charge in [-0.3, -0.25) is 4.84 Å². The van der Waals surface area contributed by atoms with Gasteiger partial charge in [0.15, 0.2) is 17.9 Å². The predicted molar refractivity (Wildman–Crippen MR) is 124 cm³/mol. The van der Waals surface area contributed by atoms with Crippen molar-refractivity contribution in [2.45, 2.75) is 113 Å². The highest BCUT2D eigenvalue weighted by atomic mass is 16.8. The Morgan fingerprint density at radius 1 is 0.917 bits per heavy atom. The van der Waals surface area contributed by atoms with Gasteiger partial charge in [0, 0.05) is 7.11 Å². The summed E-state index contributed by atoms with van der Waals surface area (Å²) in [5.41, 5.74) is 1.05. The highest BCUT2D eigenvalue weighted by molar-refractivity contribution is 5.14. The van der Waals surface area contributed by atoms with Crippen LogP contribution in [0.1, 0.15) is 39.7 Å². The summed E-state index contributed by atoms with van der Waals surface area (Å²) in [4.78, 5) is 6.41. The molecule has 0 spiro atoms. The molecule has 5 fully saturated rings. The molecule has 10 atom stereocenters. The van der Waals surface area contributed by atoms with E-state index in [4.69, 9.17) is 38.0 Å². The molecule has 0 amide bonds. The third-order valence-corrected chi connectivity index (χ3v) is 7.66. The average Bonchev–Trinajstić information content (AvgIpc) is 3.49. The number of rotatable bonds is 5. The molecule has 10 heteroatoms. The molecule has 6 rings (SSSR count). The van der Waals surface area contributed by atoms with Gasteiger partial charge in [-0.25, -0.2) is 0 Å². The number of hydrogen-bond acceptors (Lipinski definition) is 10. The van der Waals surface area contributed by atoms with Crippen LogP contribution in [-0.2, 0) is 44.6 Å². The Balaban J connectivity index is 1.26. The first-order valence-electron chi connectivity index (χ1n) is 12.8. The topological polar surface area (TPSA) is 97.3 Å². The van der Waals surface area contributed by atoms with E-state index in [0.717, 1.165) is 5.56 Å². The average molecular weight is 508 g/mol. The van der Waals surface area contributed by atoms with Crippen LogP contribution >= 0.6 is 0 Å². The summed E-state index contributed by atoms with van der Waals surface area (Å²) in [6, 6.07) is 9.92. The summed E-state index contributed by atoms with van der Waals surface area (Å²) in [5.74, 6) is -1.56. The van der Waals surface area contributed by atoms with Crippen molar-refractivity contribution < 1.29 is 43.1 Å². The molecule has 0 aliphatic carbocycles. The van der Waals surface area contributed by atoms with Crippen molar-refractivity contribution in [2.24, 2.45) is 0 Å². The Kier molecular flexibility index (Phi) is 6.44. The number of hydrogen-bond donors (Lipinski definition) is 1. The first kappa shape index (κ1) is 25.1. The summed E-state index contributed by atoms with van der Waals surface area (Å²) in [6.07, 6.45) is -3.60. The van der Waals surface area contributed by atoms with Crippen molar-refractivity contribution in [3.05, 3.63) is 35.9 Å². The number of nitrogens with zero attached hydrogens (tertiary/aromatic N) is 1. The van der Waals surface area contributed by atoms with Crippen LogP contribution in [0.25, 0.3) is 0 Å². The number of benzene rings is 1. The number of fused-ring (bicyclic) bond motifs is 4. The molecule has 1 N–H and O–H groups in total. The van der Waals surface area contributed by atoms with E-state index in [9.17, 15) is 5.11 Å². The second kappa shape index (κ2) is 9.23. The van der Waals surface area contributed by atoms with Crippen molar-refractivity contribution in [3.63, 3.8) is 0 Å². The third-order valence-electron chi connectivity index (χ3n) is 7.66. The van der Waals surface area contributed by atoms with Crippen LogP contribution in [0.3, 0.4) is 0 Å². The molecule has 5 aliphatic heterocycles. The number of aliphatic hydroxyl groups is 1. The minimum Gasteiger partial charge on any atom is -0.389 e. The van der Waals surface area contributed by atoms with E-state index in [1.54, 1.807) is 7.11 Å². The van der Waals surface area contributed by atoms with Gasteiger partial charge in [0.05, 0.1) is 25.3 Å². The van der Waals surface area contributed by atoms with Gasteiger partial charge in [0.1, 0.15) is 42.7 Å². The van der Waals surface area contributed by atoms with Crippen LogP contribution in [0.15, 0.2) is 30.3 Å². The molecule has 200 valence electrons. The lowest BCUT2D eigenvalue weighted by Gasteiger charge is -2.43. The van der Waals surface area contributed by atoms with Crippen LogP contribution in [0.4, 0.5) is 0 Å². The van der Waals surface area contributed by atoms with Crippen LogP contribution in [0.5, 0.6) is 0 Å². The molecule has 0 saturated carbocycles. The van der Waals surface area contributed by atoms with Gasteiger partial charge in [-0.2, -0.15) is 5.06 Å². The maximum Gasteiger partial charge on any atom is 0.186 e. The molecule has 3 unspecified atom stereocenters. The standard InChI is InChI=1S/C26H37NO9/c1-25(2)32-18-15-11-17(36-27(15)12-16(28)19(18)33-25)20-21(30-13-14-9-7-6-8-10-14)22-23(24(29-5)31-20)35-26(3,4)34-22/h6-10,15-24,28H,11-13H2,1-5H3/t15-,16-,17-,18-,19+,20?,21-,22?,23?,24+/m1/s1. The van der Waals surface area contributed by atoms with Crippen LogP contribution in [0.2, 0.25) is 0 Å². The summed E-state index contributed by atoms with van der Waals surface area (Å²) in [6.45, 7) is 8.23. The summed E-state index contributed by atoms with van der Waals surface area (Å²) >= 11 is 0. The smallest absolute Gasteiger partial charge is 0.186 e. The quantitative estimate of drug-likeness (QED) is 0.635. The lowest BCUT2D eigenvalue weighted by Crippen LogP contribution is -2.60. The van der Waals surface area contributed by atoms with Crippen molar-refractivity contribution in [3.8, 4) is 0 Å². The van der Waals surface area contributed by atoms with Gasteiger partial charge >= 0.3 is 0 Å². The monoisotopic (exact) mass is 507 g/mol. The minimum atomic E-state index is -0.801. The van der Waals surface area contributed by atoms with E-state index in [-0.39, 0.29) is 18.2 Å². The van der Waals surface area contributed by atoms with Gasteiger partial charge in [0.2, 0.25) is 0 Å². The molecule has 0 radical (unpaired) electrons. The minimum absolute atomic E-state index is 0.0838. The van der Waals surface area contributed by atoms with Gasteiger partial charge in [-0.1, -0.05) is 30.3 Å². The van der Waals surface area contributed by atoms with E-state index < -0.39 is 54.5 Å². The molecule has 0 aromatic heterocycles. The lowest BCUT2D eigenvalue weighted by molar-refractivity contribution is -0.310. The highest BCUT2D eigenvalue weighted by Crippen LogP contribution is 2.45. The van der Waals surface area contributed by atoms with E-state index in [1.807, 2.05) is 63.1 Å². The summed E-state index contributed by atoms with van der Waals surface area (Å²) in [7, 11) is 1.60. The van der Waals surface area contributed by atoms with Crippen LogP contribution < -0.4 is 0 Å². The van der Waals surface area contributed by atoms with E-state index in [0.29, 0.717) is 19.6 Å². The normalized spacial score (nSPS) is 45.3. The molecule has 1 aromatic carbocycles. The number of aliphatic hydroxyl groups excluding tert-OH is 1.